The summed E-state index contributed by atoms with van der Waals surface area (Å²) in [5.41, 5.74) is 0.204. The van der Waals surface area contributed by atoms with Crippen molar-refractivity contribution in [3.05, 3.63) is 24.0 Å². The van der Waals surface area contributed by atoms with E-state index in [2.05, 4.69) is 17.1 Å². The van der Waals surface area contributed by atoms with Crippen LogP contribution in [-0.2, 0) is 0 Å². The summed E-state index contributed by atoms with van der Waals surface area (Å²) in [6, 6.07) is 4.54. The zero-order valence-corrected chi connectivity index (χ0v) is 11.4. The molecule has 0 bridgehead atoms. The number of nitrogens with zero attached hydrogens (tertiary/aromatic N) is 2. The Labute approximate surface area is 117 Å². The summed E-state index contributed by atoms with van der Waals surface area (Å²) in [4.78, 5) is 4.36. The number of phenolic OH excluding ortho intramolecular Hbond substituents is 2. The maximum absolute atomic E-state index is 9.82. The van der Waals surface area contributed by atoms with Crippen LogP contribution in [0.3, 0.4) is 0 Å². The monoisotopic (exact) mass is 274 g/mol. The molecule has 5 nitrogen and oxygen atoms in total. The topological polar surface area (TPSA) is 79.4 Å². The number of rotatable bonds is 2. The van der Waals surface area contributed by atoms with Gasteiger partial charge >= 0.3 is 0 Å². The van der Waals surface area contributed by atoms with Gasteiger partial charge in [0.1, 0.15) is 17.1 Å². The van der Waals surface area contributed by atoms with Crippen LogP contribution < -0.4 is 0 Å². The van der Waals surface area contributed by atoms with Gasteiger partial charge in [0.15, 0.2) is 5.82 Å². The molecule has 1 fully saturated rings. The van der Waals surface area contributed by atoms with Gasteiger partial charge in [0.05, 0.1) is 0 Å². The largest absolute Gasteiger partial charge is 0.507 e. The van der Waals surface area contributed by atoms with Crippen molar-refractivity contribution in [1.29, 1.82) is 0 Å². The van der Waals surface area contributed by atoms with E-state index in [-0.39, 0.29) is 23.0 Å². The Morgan fingerprint density at radius 1 is 1.20 bits per heavy atom. The van der Waals surface area contributed by atoms with E-state index in [1.54, 1.807) is 6.07 Å². The Morgan fingerprint density at radius 2 is 1.95 bits per heavy atom. The van der Waals surface area contributed by atoms with Crippen LogP contribution in [-0.4, -0.2) is 20.4 Å². The van der Waals surface area contributed by atoms with Crippen LogP contribution in [0.15, 0.2) is 22.7 Å². The van der Waals surface area contributed by atoms with Crippen LogP contribution in [0.1, 0.15) is 44.3 Å². The fourth-order valence-corrected chi connectivity index (χ4v) is 2.92. The lowest BCUT2D eigenvalue weighted by atomic mass is 9.82. The van der Waals surface area contributed by atoms with E-state index < -0.39 is 0 Å². The second kappa shape index (κ2) is 5.15. The maximum Gasteiger partial charge on any atom is 0.265 e. The van der Waals surface area contributed by atoms with Crippen LogP contribution in [0, 0.1) is 5.92 Å². The summed E-state index contributed by atoms with van der Waals surface area (Å²) in [6.45, 7) is 2.24. The summed E-state index contributed by atoms with van der Waals surface area (Å²) < 4.78 is 5.22. The third-order valence-electron chi connectivity index (χ3n) is 3.98. The molecule has 5 heteroatoms. The minimum absolute atomic E-state index is 0.0581. The highest BCUT2D eigenvalue weighted by molar-refractivity contribution is 5.69. The fraction of sp³-hybridized carbons (Fsp3) is 0.467. The summed E-state index contributed by atoms with van der Waals surface area (Å²) in [6.07, 6.45) is 4.56. The molecule has 2 atom stereocenters. The second-order valence-corrected chi connectivity index (χ2v) is 5.60. The highest BCUT2D eigenvalue weighted by atomic mass is 16.5. The van der Waals surface area contributed by atoms with Gasteiger partial charge < -0.3 is 14.7 Å². The van der Waals surface area contributed by atoms with Crippen molar-refractivity contribution in [3.63, 3.8) is 0 Å². The molecule has 0 radical (unpaired) electrons. The SMILES string of the molecule is CC1CCCC(c2noc(-c3c(O)cccc3O)n2)C1. The number of hydrogen-bond donors (Lipinski definition) is 2. The quantitative estimate of drug-likeness (QED) is 0.876. The van der Waals surface area contributed by atoms with E-state index in [1.165, 1.54) is 25.0 Å². The Bertz CT molecular complexity index is 589. The molecule has 1 aromatic heterocycles. The van der Waals surface area contributed by atoms with Crippen molar-refractivity contribution in [2.75, 3.05) is 0 Å². The molecular weight excluding hydrogens is 256 g/mol. The molecule has 1 aromatic carbocycles. The van der Waals surface area contributed by atoms with E-state index in [1.807, 2.05) is 0 Å². The summed E-state index contributed by atoms with van der Waals surface area (Å²) in [5.74, 6) is 1.72. The molecule has 0 spiro atoms. The van der Waals surface area contributed by atoms with Crippen molar-refractivity contribution in [3.8, 4) is 23.0 Å². The highest BCUT2D eigenvalue weighted by Crippen LogP contribution is 2.38. The first kappa shape index (κ1) is 13.0. The first-order valence-electron chi connectivity index (χ1n) is 7.00. The van der Waals surface area contributed by atoms with Crippen molar-refractivity contribution < 1.29 is 14.7 Å². The molecule has 106 valence electrons. The third-order valence-corrected chi connectivity index (χ3v) is 3.98. The zero-order chi connectivity index (χ0) is 14.1. The number of hydrogen-bond acceptors (Lipinski definition) is 5. The summed E-state index contributed by atoms with van der Waals surface area (Å²) >= 11 is 0. The molecule has 0 aliphatic heterocycles. The molecule has 2 unspecified atom stereocenters. The molecule has 20 heavy (non-hydrogen) atoms. The second-order valence-electron chi connectivity index (χ2n) is 5.60. The van der Waals surface area contributed by atoms with Crippen LogP contribution in [0.25, 0.3) is 11.5 Å². The average Bonchev–Trinajstić information content (AvgIpc) is 2.88. The molecular formula is C15H18N2O3. The first-order valence-corrected chi connectivity index (χ1v) is 7.00. The highest BCUT2D eigenvalue weighted by Gasteiger charge is 2.26. The number of aromatic hydroxyl groups is 2. The molecule has 0 saturated heterocycles. The normalized spacial score (nSPS) is 22.9. The Balaban J connectivity index is 1.90. The lowest BCUT2D eigenvalue weighted by molar-refractivity contribution is 0.324. The van der Waals surface area contributed by atoms with E-state index in [0.29, 0.717) is 17.7 Å². The standard InChI is InChI=1S/C15H18N2O3/c1-9-4-2-5-10(8-9)14-16-15(20-17-14)13-11(18)6-3-7-12(13)19/h3,6-7,9-10,18-19H,2,4-5,8H2,1H3. The smallest absolute Gasteiger partial charge is 0.265 e. The molecule has 1 saturated carbocycles. The van der Waals surface area contributed by atoms with E-state index in [9.17, 15) is 10.2 Å². The van der Waals surface area contributed by atoms with Gasteiger partial charge in [-0.05, 0) is 30.9 Å². The summed E-state index contributed by atoms with van der Waals surface area (Å²) in [7, 11) is 0. The molecule has 2 N–H and O–H groups in total. The van der Waals surface area contributed by atoms with Gasteiger partial charge in [-0.1, -0.05) is 31.0 Å². The number of benzene rings is 1. The first-order chi connectivity index (χ1) is 9.65. The minimum Gasteiger partial charge on any atom is -0.507 e. The van der Waals surface area contributed by atoms with Gasteiger partial charge in [0, 0.05) is 5.92 Å². The molecule has 0 amide bonds. The van der Waals surface area contributed by atoms with Crippen molar-refractivity contribution in [1.82, 2.24) is 10.1 Å². The lowest BCUT2D eigenvalue weighted by Crippen LogP contribution is -2.12. The molecule has 1 aliphatic rings. The Hall–Kier alpha value is -2.04. The van der Waals surface area contributed by atoms with E-state index in [4.69, 9.17) is 4.52 Å². The van der Waals surface area contributed by atoms with Crippen LogP contribution in [0.2, 0.25) is 0 Å². The average molecular weight is 274 g/mol. The van der Waals surface area contributed by atoms with Gasteiger partial charge in [-0.3, -0.25) is 0 Å². The van der Waals surface area contributed by atoms with Crippen LogP contribution in [0.5, 0.6) is 11.5 Å². The van der Waals surface area contributed by atoms with Crippen molar-refractivity contribution in [2.45, 2.75) is 38.5 Å². The summed E-state index contributed by atoms with van der Waals surface area (Å²) in [5, 5.41) is 23.7. The lowest BCUT2D eigenvalue weighted by Gasteiger charge is -2.23. The molecule has 1 heterocycles. The van der Waals surface area contributed by atoms with Crippen molar-refractivity contribution in [2.24, 2.45) is 5.92 Å². The molecule has 1 aliphatic carbocycles. The molecule has 2 aromatic rings. The van der Waals surface area contributed by atoms with Gasteiger partial charge in [0.25, 0.3) is 5.89 Å². The number of phenols is 2. The third kappa shape index (κ3) is 2.35. The Kier molecular flexibility index (Phi) is 3.34. The Morgan fingerprint density at radius 3 is 2.65 bits per heavy atom. The van der Waals surface area contributed by atoms with Gasteiger partial charge in [-0.15, -0.1) is 0 Å². The van der Waals surface area contributed by atoms with E-state index in [0.717, 1.165) is 12.8 Å². The van der Waals surface area contributed by atoms with Gasteiger partial charge in [-0.2, -0.15) is 4.98 Å². The molecule has 3 rings (SSSR count). The van der Waals surface area contributed by atoms with Gasteiger partial charge in [-0.25, -0.2) is 0 Å². The predicted octanol–water partition coefficient (Wildman–Crippen LogP) is 3.44. The fourth-order valence-electron chi connectivity index (χ4n) is 2.92. The maximum atomic E-state index is 9.82. The van der Waals surface area contributed by atoms with Gasteiger partial charge in [0.2, 0.25) is 0 Å². The predicted molar refractivity (Wildman–Crippen MR) is 73.4 cm³/mol. The van der Waals surface area contributed by atoms with Crippen molar-refractivity contribution >= 4 is 0 Å². The number of aromatic nitrogens is 2. The van der Waals surface area contributed by atoms with Crippen LogP contribution in [0.4, 0.5) is 0 Å². The van der Waals surface area contributed by atoms with E-state index >= 15 is 0 Å². The van der Waals surface area contributed by atoms with Crippen LogP contribution >= 0.6 is 0 Å². The minimum atomic E-state index is -0.0581. The zero-order valence-electron chi connectivity index (χ0n) is 11.4.